The minimum atomic E-state index is 0.709. The van der Waals surface area contributed by atoms with Crippen LogP contribution in [0.5, 0.6) is 0 Å². The van der Waals surface area contributed by atoms with Crippen molar-refractivity contribution in [3.05, 3.63) is 53.3 Å². The highest BCUT2D eigenvalue weighted by Gasteiger charge is 2.08. The fourth-order valence-electron chi connectivity index (χ4n) is 2.26. The summed E-state index contributed by atoms with van der Waals surface area (Å²) >= 11 is 0. The lowest BCUT2D eigenvalue weighted by Crippen LogP contribution is -1.94. The molecule has 3 heteroatoms. The van der Waals surface area contributed by atoms with E-state index in [1.807, 2.05) is 22.7 Å². The molecule has 0 saturated carbocycles. The number of fused-ring (bicyclic) bond motifs is 1. The van der Waals surface area contributed by atoms with E-state index in [1.165, 1.54) is 11.1 Å². The first-order valence-electron chi connectivity index (χ1n) is 6.38. The van der Waals surface area contributed by atoms with Gasteiger partial charge in [0.05, 0.1) is 11.4 Å². The zero-order valence-corrected chi connectivity index (χ0v) is 11.4. The van der Waals surface area contributed by atoms with Gasteiger partial charge in [-0.15, -0.1) is 0 Å². The van der Waals surface area contributed by atoms with Crippen molar-refractivity contribution in [3.8, 4) is 11.3 Å². The lowest BCUT2D eigenvalue weighted by molar-refractivity contribution is 1.10. The molecular formula is C16H17N3. The lowest BCUT2D eigenvalue weighted by Gasteiger charge is -2.01. The van der Waals surface area contributed by atoms with E-state index in [0.29, 0.717) is 5.69 Å². The zero-order valence-electron chi connectivity index (χ0n) is 11.4. The second-order valence-corrected chi connectivity index (χ2v) is 5.05. The smallest absolute Gasteiger partial charge is 0.160 e. The molecule has 3 aromatic rings. The number of aryl methyl sites for hydroxylation is 3. The largest absolute Gasteiger partial charge is 0.396 e. The van der Waals surface area contributed by atoms with Gasteiger partial charge in [-0.2, -0.15) is 0 Å². The van der Waals surface area contributed by atoms with Gasteiger partial charge < -0.3 is 10.1 Å². The van der Waals surface area contributed by atoms with Crippen LogP contribution in [0.4, 0.5) is 5.69 Å². The summed E-state index contributed by atoms with van der Waals surface area (Å²) in [6.07, 6.45) is 2.05. The van der Waals surface area contributed by atoms with Crippen molar-refractivity contribution in [2.75, 3.05) is 5.73 Å². The van der Waals surface area contributed by atoms with Gasteiger partial charge in [0, 0.05) is 17.5 Å². The standard InChI is InChI=1S/C16H17N3/c1-10-4-6-13(8-11(10)2)15-9-19-12(3)5-7-14(17)16(19)18-15/h4-9H,17H2,1-3H3. The number of hydrogen-bond acceptors (Lipinski definition) is 2. The van der Waals surface area contributed by atoms with Crippen LogP contribution < -0.4 is 5.73 Å². The summed E-state index contributed by atoms with van der Waals surface area (Å²) in [5, 5.41) is 0. The predicted molar refractivity (Wildman–Crippen MR) is 79.3 cm³/mol. The summed E-state index contributed by atoms with van der Waals surface area (Å²) < 4.78 is 2.04. The molecule has 0 aliphatic heterocycles. The molecule has 0 atom stereocenters. The van der Waals surface area contributed by atoms with Gasteiger partial charge in [-0.1, -0.05) is 12.1 Å². The third-order valence-corrected chi connectivity index (χ3v) is 3.65. The molecule has 0 bridgehead atoms. The number of pyridine rings is 1. The summed E-state index contributed by atoms with van der Waals surface area (Å²) in [6, 6.07) is 10.3. The zero-order chi connectivity index (χ0) is 13.6. The third kappa shape index (κ3) is 1.87. The van der Waals surface area contributed by atoms with Gasteiger partial charge in [-0.3, -0.25) is 0 Å². The van der Waals surface area contributed by atoms with Gasteiger partial charge in [0.1, 0.15) is 0 Å². The van der Waals surface area contributed by atoms with Gasteiger partial charge in [0.25, 0.3) is 0 Å². The molecule has 0 aliphatic carbocycles. The SMILES string of the molecule is Cc1ccc(-c2cn3c(C)ccc(N)c3n2)cc1C. The fraction of sp³-hybridized carbons (Fsp3) is 0.188. The first-order chi connectivity index (χ1) is 9.06. The molecule has 2 heterocycles. The van der Waals surface area contributed by atoms with Crippen molar-refractivity contribution in [3.63, 3.8) is 0 Å². The molecule has 2 aromatic heterocycles. The average Bonchev–Trinajstić information content (AvgIpc) is 2.83. The summed E-state index contributed by atoms with van der Waals surface area (Å²) in [6.45, 7) is 6.29. The number of nitrogens with zero attached hydrogens (tertiary/aromatic N) is 2. The Balaban J connectivity index is 2.23. The van der Waals surface area contributed by atoms with Crippen molar-refractivity contribution < 1.29 is 0 Å². The van der Waals surface area contributed by atoms with Crippen LogP contribution in [-0.4, -0.2) is 9.38 Å². The van der Waals surface area contributed by atoms with Crippen molar-refractivity contribution in [2.45, 2.75) is 20.8 Å². The Morgan fingerprint density at radius 2 is 1.79 bits per heavy atom. The number of nitrogen functional groups attached to an aromatic ring is 1. The van der Waals surface area contributed by atoms with Crippen molar-refractivity contribution in [1.82, 2.24) is 9.38 Å². The van der Waals surface area contributed by atoms with Crippen LogP contribution in [-0.2, 0) is 0 Å². The van der Waals surface area contributed by atoms with Gasteiger partial charge in [0.2, 0.25) is 0 Å². The number of imidazole rings is 1. The second-order valence-electron chi connectivity index (χ2n) is 5.05. The third-order valence-electron chi connectivity index (χ3n) is 3.65. The minimum Gasteiger partial charge on any atom is -0.396 e. The molecule has 0 aliphatic rings. The van der Waals surface area contributed by atoms with Crippen LogP contribution in [0.1, 0.15) is 16.8 Å². The molecule has 3 rings (SSSR count). The average molecular weight is 251 g/mol. The molecule has 1 aromatic carbocycles. The van der Waals surface area contributed by atoms with Crippen molar-refractivity contribution >= 4 is 11.3 Å². The van der Waals surface area contributed by atoms with E-state index in [2.05, 4.69) is 44.0 Å². The Hall–Kier alpha value is -2.29. The monoisotopic (exact) mass is 251 g/mol. The normalized spacial score (nSPS) is 11.1. The molecule has 0 unspecified atom stereocenters. The molecule has 3 nitrogen and oxygen atoms in total. The quantitative estimate of drug-likeness (QED) is 0.719. The summed E-state index contributed by atoms with van der Waals surface area (Å²) in [4.78, 5) is 4.65. The Kier molecular flexibility index (Phi) is 2.56. The number of benzene rings is 1. The maximum atomic E-state index is 5.99. The van der Waals surface area contributed by atoms with Crippen LogP contribution in [0.3, 0.4) is 0 Å². The van der Waals surface area contributed by atoms with Crippen molar-refractivity contribution in [1.29, 1.82) is 0 Å². The molecule has 19 heavy (non-hydrogen) atoms. The van der Waals surface area contributed by atoms with Gasteiger partial charge in [-0.25, -0.2) is 4.98 Å². The van der Waals surface area contributed by atoms with Crippen LogP contribution in [0.25, 0.3) is 16.9 Å². The molecular weight excluding hydrogens is 234 g/mol. The first-order valence-corrected chi connectivity index (χ1v) is 6.38. The molecule has 0 spiro atoms. The van der Waals surface area contributed by atoms with Crippen LogP contribution >= 0.6 is 0 Å². The molecule has 0 fully saturated rings. The Morgan fingerprint density at radius 1 is 1.00 bits per heavy atom. The summed E-state index contributed by atoms with van der Waals surface area (Å²) in [5.74, 6) is 0. The van der Waals surface area contributed by atoms with Gasteiger partial charge in [0.15, 0.2) is 5.65 Å². The van der Waals surface area contributed by atoms with E-state index in [9.17, 15) is 0 Å². The fourth-order valence-corrected chi connectivity index (χ4v) is 2.26. The van der Waals surface area contributed by atoms with Crippen LogP contribution in [0.15, 0.2) is 36.5 Å². The van der Waals surface area contributed by atoms with E-state index in [4.69, 9.17) is 5.73 Å². The number of rotatable bonds is 1. The van der Waals surface area contributed by atoms with E-state index in [1.54, 1.807) is 0 Å². The van der Waals surface area contributed by atoms with E-state index in [0.717, 1.165) is 22.6 Å². The highest BCUT2D eigenvalue weighted by molar-refractivity contribution is 5.71. The number of anilines is 1. The molecule has 0 amide bonds. The Labute approximate surface area is 112 Å². The molecule has 2 N–H and O–H groups in total. The maximum absolute atomic E-state index is 5.99. The highest BCUT2D eigenvalue weighted by atomic mass is 15.0. The maximum Gasteiger partial charge on any atom is 0.160 e. The van der Waals surface area contributed by atoms with E-state index >= 15 is 0 Å². The molecule has 0 saturated heterocycles. The number of hydrogen-bond donors (Lipinski definition) is 1. The van der Waals surface area contributed by atoms with Crippen LogP contribution in [0.2, 0.25) is 0 Å². The molecule has 0 radical (unpaired) electrons. The van der Waals surface area contributed by atoms with E-state index < -0.39 is 0 Å². The van der Waals surface area contributed by atoms with E-state index in [-0.39, 0.29) is 0 Å². The highest BCUT2D eigenvalue weighted by Crippen LogP contribution is 2.24. The summed E-state index contributed by atoms with van der Waals surface area (Å²) in [5.41, 5.74) is 13.3. The Bertz CT molecular complexity index is 730. The molecule has 96 valence electrons. The first kappa shape index (κ1) is 11.8. The van der Waals surface area contributed by atoms with Crippen LogP contribution in [0, 0.1) is 20.8 Å². The summed E-state index contributed by atoms with van der Waals surface area (Å²) in [7, 11) is 0. The van der Waals surface area contributed by atoms with Crippen molar-refractivity contribution in [2.24, 2.45) is 0 Å². The van der Waals surface area contributed by atoms with Gasteiger partial charge >= 0.3 is 0 Å². The predicted octanol–water partition coefficient (Wildman–Crippen LogP) is 3.51. The number of nitrogens with two attached hydrogens (primary N) is 1. The number of aromatic nitrogens is 2. The lowest BCUT2D eigenvalue weighted by atomic mass is 10.1. The van der Waals surface area contributed by atoms with Gasteiger partial charge in [-0.05, 0) is 50.1 Å². The second kappa shape index (κ2) is 4.12. The topological polar surface area (TPSA) is 43.3 Å². The minimum absolute atomic E-state index is 0.709. The Morgan fingerprint density at radius 3 is 2.47 bits per heavy atom.